The lowest BCUT2D eigenvalue weighted by Crippen LogP contribution is -2.22. The lowest BCUT2D eigenvalue weighted by molar-refractivity contribution is 0.629. The molecule has 0 atom stereocenters. The number of halogens is 1. The van der Waals surface area contributed by atoms with Crippen LogP contribution in [-0.4, -0.2) is 4.57 Å². The second-order valence-electron chi connectivity index (χ2n) is 5.20. The van der Waals surface area contributed by atoms with E-state index in [0.717, 1.165) is 28.8 Å². The monoisotopic (exact) mass is 281 g/mol. The van der Waals surface area contributed by atoms with Gasteiger partial charge in [-0.1, -0.05) is 30.7 Å². The van der Waals surface area contributed by atoms with Crippen LogP contribution in [-0.2, 0) is 6.42 Å². The van der Waals surface area contributed by atoms with E-state index in [0.29, 0.717) is 5.39 Å². The number of aromatic nitrogens is 1. The van der Waals surface area contributed by atoms with Gasteiger partial charge in [-0.05, 0) is 49.1 Å². The van der Waals surface area contributed by atoms with Crippen molar-refractivity contribution in [2.45, 2.75) is 20.3 Å². The molecule has 0 saturated heterocycles. The third-order valence-corrected chi connectivity index (χ3v) is 3.71. The number of hydrogen-bond acceptors (Lipinski definition) is 1. The van der Waals surface area contributed by atoms with Crippen LogP contribution in [0.1, 0.15) is 18.2 Å². The standard InChI is InChI=1S/C18H16FNO/c1-3-15-10-13-6-7-14(19)11-17(13)18(21)20(15)16-8-4-12(2)5-9-16/h4-11H,3H2,1-2H3. The summed E-state index contributed by atoms with van der Waals surface area (Å²) in [7, 11) is 0. The van der Waals surface area contributed by atoms with Crippen molar-refractivity contribution in [3.8, 4) is 5.69 Å². The molecule has 0 unspecified atom stereocenters. The fourth-order valence-electron chi connectivity index (χ4n) is 2.57. The first-order valence-corrected chi connectivity index (χ1v) is 7.01. The van der Waals surface area contributed by atoms with E-state index in [2.05, 4.69) is 0 Å². The number of pyridine rings is 1. The molecular weight excluding hydrogens is 265 g/mol. The Kier molecular flexibility index (Phi) is 3.34. The van der Waals surface area contributed by atoms with E-state index in [1.165, 1.54) is 12.1 Å². The Morgan fingerprint density at radius 2 is 1.76 bits per heavy atom. The van der Waals surface area contributed by atoms with E-state index in [4.69, 9.17) is 0 Å². The predicted molar refractivity (Wildman–Crippen MR) is 83.6 cm³/mol. The summed E-state index contributed by atoms with van der Waals surface area (Å²) in [6, 6.07) is 14.1. The smallest absolute Gasteiger partial charge is 0.263 e. The molecule has 1 heterocycles. The maximum Gasteiger partial charge on any atom is 0.263 e. The van der Waals surface area contributed by atoms with Crippen molar-refractivity contribution >= 4 is 10.8 Å². The summed E-state index contributed by atoms with van der Waals surface area (Å²) in [6.07, 6.45) is 0.733. The van der Waals surface area contributed by atoms with E-state index >= 15 is 0 Å². The molecule has 21 heavy (non-hydrogen) atoms. The zero-order valence-corrected chi connectivity index (χ0v) is 12.1. The summed E-state index contributed by atoms with van der Waals surface area (Å²) in [6.45, 7) is 4.01. The molecule has 0 amide bonds. The van der Waals surface area contributed by atoms with Crippen LogP contribution in [0.4, 0.5) is 4.39 Å². The van der Waals surface area contributed by atoms with Crippen molar-refractivity contribution in [3.05, 3.63) is 76.0 Å². The molecule has 0 N–H and O–H groups in total. The summed E-state index contributed by atoms with van der Waals surface area (Å²) in [5.74, 6) is -0.390. The third-order valence-electron chi connectivity index (χ3n) is 3.71. The molecule has 2 aromatic carbocycles. The molecule has 3 rings (SSSR count). The van der Waals surface area contributed by atoms with Gasteiger partial charge in [0.05, 0.1) is 5.39 Å². The molecule has 106 valence electrons. The number of aryl methyl sites for hydroxylation is 2. The molecule has 1 aromatic heterocycles. The highest BCUT2D eigenvalue weighted by Crippen LogP contribution is 2.18. The first-order valence-electron chi connectivity index (χ1n) is 7.01. The van der Waals surface area contributed by atoms with Crippen LogP contribution in [0.3, 0.4) is 0 Å². The van der Waals surface area contributed by atoms with E-state index in [1.54, 1.807) is 10.6 Å². The van der Waals surface area contributed by atoms with Crippen LogP contribution in [0.15, 0.2) is 53.3 Å². The Hall–Kier alpha value is -2.42. The summed E-state index contributed by atoms with van der Waals surface area (Å²) in [4.78, 5) is 12.7. The number of benzene rings is 2. The molecular formula is C18H16FNO. The minimum Gasteiger partial charge on any atom is -0.281 e. The predicted octanol–water partition coefficient (Wildman–Crippen LogP) is 4.00. The minimum absolute atomic E-state index is 0.173. The van der Waals surface area contributed by atoms with Gasteiger partial charge in [0.1, 0.15) is 5.82 Å². The highest BCUT2D eigenvalue weighted by molar-refractivity contribution is 5.82. The largest absolute Gasteiger partial charge is 0.281 e. The summed E-state index contributed by atoms with van der Waals surface area (Å²) >= 11 is 0. The van der Waals surface area contributed by atoms with Gasteiger partial charge in [0.15, 0.2) is 0 Å². The molecule has 0 radical (unpaired) electrons. The lowest BCUT2D eigenvalue weighted by atomic mass is 10.1. The Morgan fingerprint density at radius 3 is 2.43 bits per heavy atom. The molecule has 0 aliphatic heterocycles. The van der Waals surface area contributed by atoms with Crippen LogP contribution in [0.5, 0.6) is 0 Å². The Morgan fingerprint density at radius 1 is 1.05 bits per heavy atom. The van der Waals surface area contributed by atoms with Gasteiger partial charge in [-0.2, -0.15) is 0 Å². The first-order chi connectivity index (χ1) is 10.1. The highest BCUT2D eigenvalue weighted by atomic mass is 19.1. The van der Waals surface area contributed by atoms with Crippen LogP contribution in [0.25, 0.3) is 16.5 Å². The van der Waals surface area contributed by atoms with Crippen LogP contribution in [0, 0.1) is 12.7 Å². The minimum atomic E-state index is -0.390. The zero-order valence-electron chi connectivity index (χ0n) is 12.1. The maximum absolute atomic E-state index is 13.4. The summed E-state index contributed by atoms with van der Waals surface area (Å²) < 4.78 is 15.1. The van der Waals surface area contributed by atoms with E-state index in [-0.39, 0.29) is 11.4 Å². The molecule has 0 fully saturated rings. The average molecular weight is 281 g/mol. The van der Waals surface area contributed by atoms with Gasteiger partial charge >= 0.3 is 0 Å². The number of hydrogen-bond donors (Lipinski definition) is 0. The van der Waals surface area contributed by atoms with Crippen molar-refractivity contribution in [2.75, 3.05) is 0 Å². The highest BCUT2D eigenvalue weighted by Gasteiger charge is 2.10. The first kappa shape index (κ1) is 13.6. The molecule has 0 aliphatic carbocycles. The van der Waals surface area contributed by atoms with E-state index < -0.39 is 0 Å². The van der Waals surface area contributed by atoms with Gasteiger partial charge in [0, 0.05) is 11.4 Å². The number of rotatable bonds is 2. The Balaban J connectivity index is 2.37. The normalized spacial score (nSPS) is 11.0. The SMILES string of the molecule is CCc1cc2ccc(F)cc2c(=O)n1-c1ccc(C)cc1. The van der Waals surface area contributed by atoms with Crippen molar-refractivity contribution in [2.24, 2.45) is 0 Å². The third kappa shape index (κ3) is 2.35. The van der Waals surface area contributed by atoms with Crippen LogP contribution < -0.4 is 5.56 Å². The topological polar surface area (TPSA) is 22.0 Å². The van der Waals surface area contributed by atoms with Crippen molar-refractivity contribution < 1.29 is 4.39 Å². The second-order valence-corrected chi connectivity index (χ2v) is 5.20. The number of nitrogens with zero attached hydrogens (tertiary/aromatic N) is 1. The number of fused-ring (bicyclic) bond motifs is 1. The molecule has 2 nitrogen and oxygen atoms in total. The van der Waals surface area contributed by atoms with Gasteiger partial charge in [-0.3, -0.25) is 9.36 Å². The molecule has 3 heteroatoms. The quantitative estimate of drug-likeness (QED) is 0.696. The van der Waals surface area contributed by atoms with Gasteiger partial charge in [0.25, 0.3) is 5.56 Å². The summed E-state index contributed by atoms with van der Waals surface area (Å²) in [5.41, 5.74) is 2.70. The van der Waals surface area contributed by atoms with Crippen LogP contribution >= 0.6 is 0 Å². The van der Waals surface area contributed by atoms with Crippen LogP contribution in [0.2, 0.25) is 0 Å². The van der Waals surface area contributed by atoms with Crippen molar-refractivity contribution in [1.29, 1.82) is 0 Å². The molecule has 0 spiro atoms. The molecule has 0 saturated carbocycles. The van der Waals surface area contributed by atoms with Gasteiger partial charge in [0.2, 0.25) is 0 Å². The lowest BCUT2D eigenvalue weighted by Gasteiger charge is -2.13. The van der Waals surface area contributed by atoms with Crippen molar-refractivity contribution in [3.63, 3.8) is 0 Å². The summed E-state index contributed by atoms with van der Waals surface area (Å²) in [5, 5.41) is 1.19. The Labute approximate surface area is 122 Å². The van der Waals surface area contributed by atoms with Crippen molar-refractivity contribution in [1.82, 2.24) is 4.57 Å². The zero-order chi connectivity index (χ0) is 15.0. The second kappa shape index (κ2) is 5.17. The molecule has 0 bridgehead atoms. The average Bonchev–Trinajstić information content (AvgIpc) is 2.49. The van der Waals surface area contributed by atoms with E-state index in [9.17, 15) is 9.18 Å². The Bertz CT molecular complexity index is 863. The van der Waals surface area contributed by atoms with Gasteiger partial charge < -0.3 is 0 Å². The van der Waals surface area contributed by atoms with Gasteiger partial charge in [-0.15, -0.1) is 0 Å². The molecule has 0 aliphatic rings. The fourth-order valence-corrected chi connectivity index (χ4v) is 2.57. The van der Waals surface area contributed by atoms with Gasteiger partial charge in [-0.25, -0.2) is 4.39 Å². The fraction of sp³-hybridized carbons (Fsp3) is 0.167. The van der Waals surface area contributed by atoms with E-state index in [1.807, 2.05) is 44.2 Å². The molecule has 3 aromatic rings. The maximum atomic E-state index is 13.4.